The lowest BCUT2D eigenvalue weighted by atomic mass is 10.0. The summed E-state index contributed by atoms with van der Waals surface area (Å²) < 4.78 is 1.56. The van der Waals surface area contributed by atoms with Gasteiger partial charge in [0.2, 0.25) is 6.33 Å². The number of nitrogens with two attached hydrogens (primary N) is 1. The zero-order valence-electron chi connectivity index (χ0n) is 12.7. The van der Waals surface area contributed by atoms with Gasteiger partial charge in [-0.15, -0.1) is 5.10 Å². The summed E-state index contributed by atoms with van der Waals surface area (Å²) in [5.41, 5.74) is 8.89. The molecule has 0 aliphatic carbocycles. The molecule has 1 aliphatic rings. The van der Waals surface area contributed by atoms with Gasteiger partial charge in [-0.1, -0.05) is 12.1 Å². The van der Waals surface area contributed by atoms with E-state index in [2.05, 4.69) is 27.4 Å². The van der Waals surface area contributed by atoms with Crippen LogP contribution in [0.25, 0.3) is 16.9 Å². The molecule has 1 fully saturated rings. The molecule has 0 spiro atoms. The van der Waals surface area contributed by atoms with Crippen molar-refractivity contribution < 1.29 is 4.79 Å². The van der Waals surface area contributed by atoms with Crippen molar-refractivity contribution in [1.29, 1.82) is 5.26 Å². The predicted molar refractivity (Wildman–Crippen MR) is 87.1 cm³/mol. The van der Waals surface area contributed by atoms with Crippen molar-refractivity contribution >= 4 is 17.2 Å². The molecule has 0 saturated carbocycles. The lowest BCUT2D eigenvalue weighted by molar-refractivity contribution is 0.100. The van der Waals surface area contributed by atoms with Crippen molar-refractivity contribution in [2.24, 2.45) is 11.7 Å². The topological polar surface area (TPSA) is 100 Å². The van der Waals surface area contributed by atoms with Crippen molar-refractivity contribution in [3.05, 3.63) is 48.3 Å². The van der Waals surface area contributed by atoms with Gasteiger partial charge in [0.25, 0.3) is 5.91 Å². The summed E-state index contributed by atoms with van der Waals surface area (Å²) in [7, 11) is 0. The second kappa shape index (κ2) is 5.35. The zero-order chi connectivity index (χ0) is 16.7. The number of fused-ring (bicyclic) bond motifs is 1. The van der Waals surface area contributed by atoms with Crippen LogP contribution < -0.4 is 10.6 Å². The SMILES string of the molecule is N#CC1CN(c2ccc(-c3ccc(C(N)=O)c4n[c]nn34)cc2)C1. The first kappa shape index (κ1) is 14.2. The highest BCUT2D eigenvalue weighted by atomic mass is 16.1. The van der Waals surface area contributed by atoms with E-state index in [1.165, 1.54) is 0 Å². The van der Waals surface area contributed by atoms with Gasteiger partial charge in [-0.2, -0.15) is 5.26 Å². The van der Waals surface area contributed by atoms with Crippen LogP contribution in [-0.4, -0.2) is 33.6 Å². The molecule has 1 amide bonds. The number of rotatable bonds is 3. The average Bonchev–Trinajstić information content (AvgIpc) is 3.03. The molecule has 3 aromatic rings. The minimum absolute atomic E-state index is 0.122. The van der Waals surface area contributed by atoms with Gasteiger partial charge >= 0.3 is 0 Å². The molecular weight excluding hydrogens is 304 g/mol. The average molecular weight is 317 g/mol. The second-order valence-corrected chi connectivity index (χ2v) is 5.72. The second-order valence-electron chi connectivity index (χ2n) is 5.72. The summed E-state index contributed by atoms with van der Waals surface area (Å²) in [6.07, 6.45) is 2.52. The van der Waals surface area contributed by atoms with Gasteiger partial charge in [0.15, 0.2) is 5.65 Å². The van der Waals surface area contributed by atoms with Crippen LogP contribution in [0.1, 0.15) is 10.4 Å². The standard InChI is InChI=1S/C17H13N6O/c18-7-11-8-22(9-11)13-3-1-12(2-4-13)15-6-5-14(16(19)24)17-20-10-21-23(15)17/h1-6,11H,8-9H2,(H2,19,24). The Kier molecular flexibility index (Phi) is 3.17. The first-order valence-electron chi connectivity index (χ1n) is 7.48. The van der Waals surface area contributed by atoms with Gasteiger partial charge in [-0.25, -0.2) is 9.50 Å². The molecular formula is C17H13N6O. The molecule has 1 radical (unpaired) electrons. The minimum atomic E-state index is -0.548. The van der Waals surface area contributed by atoms with Crippen LogP contribution >= 0.6 is 0 Å². The quantitative estimate of drug-likeness (QED) is 0.783. The summed E-state index contributed by atoms with van der Waals surface area (Å²) in [4.78, 5) is 17.6. The molecule has 7 nitrogen and oxygen atoms in total. The van der Waals surface area contributed by atoms with Gasteiger partial charge in [-0.05, 0) is 24.3 Å². The Balaban J connectivity index is 1.69. The number of nitrogens with zero attached hydrogens (tertiary/aromatic N) is 5. The van der Waals surface area contributed by atoms with Gasteiger partial charge in [0, 0.05) is 24.3 Å². The van der Waals surface area contributed by atoms with Gasteiger partial charge in [0.1, 0.15) is 0 Å². The van der Waals surface area contributed by atoms with Gasteiger partial charge < -0.3 is 10.6 Å². The summed E-state index contributed by atoms with van der Waals surface area (Å²) in [5, 5.41) is 12.9. The van der Waals surface area contributed by atoms with E-state index in [-0.39, 0.29) is 5.92 Å². The number of hydrogen-bond acceptors (Lipinski definition) is 5. The maximum Gasteiger partial charge on any atom is 0.252 e. The van der Waals surface area contributed by atoms with Crippen LogP contribution in [0.15, 0.2) is 36.4 Å². The van der Waals surface area contributed by atoms with Crippen molar-refractivity contribution in [3.8, 4) is 17.3 Å². The summed E-state index contributed by atoms with van der Waals surface area (Å²) in [6.45, 7) is 1.54. The zero-order valence-corrected chi connectivity index (χ0v) is 12.7. The third-order valence-electron chi connectivity index (χ3n) is 4.24. The molecule has 117 valence electrons. The number of hydrogen-bond donors (Lipinski definition) is 1. The molecule has 3 heterocycles. The summed E-state index contributed by atoms with van der Waals surface area (Å²) in [5.74, 6) is -0.426. The first-order valence-corrected chi connectivity index (χ1v) is 7.48. The Hall–Kier alpha value is -3.40. The highest BCUT2D eigenvalue weighted by Gasteiger charge is 2.26. The van der Waals surface area contributed by atoms with E-state index in [0.717, 1.165) is 30.0 Å². The minimum Gasteiger partial charge on any atom is -0.369 e. The molecule has 2 aromatic heterocycles. The molecule has 4 rings (SSSR count). The molecule has 1 aromatic carbocycles. The van der Waals surface area contributed by atoms with Crippen molar-refractivity contribution in [2.45, 2.75) is 0 Å². The summed E-state index contributed by atoms with van der Waals surface area (Å²) in [6, 6.07) is 13.7. The molecule has 0 unspecified atom stereocenters. The number of anilines is 1. The molecule has 0 atom stereocenters. The molecule has 1 saturated heterocycles. The number of amides is 1. The van der Waals surface area contributed by atoms with Crippen LogP contribution in [-0.2, 0) is 0 Å². The summed E-state index contributed by atoms with van der Waals surface area (Å²) >= 11 is 0. The maximum atomic E-state index is 11.5. The lowest BCUT2D eigenvalue weighted by Crippen LogP contribution is -2.45. The number of carbonyl (C=O) groups is 1. The van der Waals surface area contributed by atoms with E-state index in [4.69, 9.17) is 11.0 Å². The van der Waals surface area contributed by atoms with Crippen LogP contribution in [0.5, 0.6) is 0 Å². The van der Waals surface area contributed by atoms with E-state index in [0.29, 0.717) is 11.2 Å². The third kappa shape index (κ3) is 2.16. The number of carbonyl (C=O) groups excluding carboxylic acids is 1. The van der Waals surface area contributed by atoms with Crippen LogP contribution in [0.2, 0.25) is 0 Å². The molecule has 7 heteroatoms. The largest absolute Gasteiger partial charge is 0.369 e. The Labute approximate surface area is 137 Å². The number of benzene rings is 1. The fraction of sp³-hybridized carbons (Fsp3) is 0.176. The van der Waals surface area contributed by atoms with Crippen LogP contribution in [0.3, 0.4) is 0 Å². The highest BCUT2D eigenvalue weighted by molar-refractivity contribution is 5.99. The van der Waals surface area contributed by atoms with Gasteiger partial charge in [0.05, 0.1) is 23.2 Å². The monoisotopic (exact) mass is 317 g/mol. The molecule has 1 aliphatic heterocycles. The van der Waals surface area contributed by atoms with Gasteiger partial charge in [-0.3, -0.25) is 4.79 Å². The first-order chi connectivity index (χ1) is 11.7. The maximum absolute atomic E-state index is 11.5. The Morgan fingerprint density at radius 2 is 2.00 bits per heavy atom. The number of aromatic nitrogens is 3. The Bertz CT molecular complexity index is 963. The highest BCUT2D eigenvalue weighted by Crippen LogP contribution is 2.28. The number of pyridine rings is 1. The van der Waals surface area contributed by atoms with Crippen molar-refractivity contribution in [1.82, 2.24) is 14.6 Å². The van der Waals surface area contributed by atoms with E-state index in [1.54, 1.807) is 16.6 Å². The van der Waals surface area contributed by atoms with E-state index in [1.807, 2.05) is 24.3 Å². The molecule has 0 bridgehead atoms. The normalized spacial score (nSPS) is 14.4. The van der Waals surface area contributed by atoms with Crippen LogP contribution in [0.4, 0.5) is 5.69 Å². The van der Waals surface area contributed by atoms with Crippen LogP contribution in [0, 0.1) is 23.6 Å². The number of nitriles is 1. The molecule has 2 N–H and O–H groups in total. The fourth-order valence-corrected chi connectivity index (χ4v) is 2.88. The van der Waals surface area contributed by atoms with Crippen molar-refractivity contribution in [2.75, 3.05) is 18.0 Å². The number of primary amides is 1. The smallest absolute Gasteiger partial charge is 0.252 e. The van der Waals surface area contributed by atoms with E-state index < -0.39 is 5.91 Å². The Morgan fingerprint density at radius 1 is 1.25 bits per heavy atom. The van der Waals surface area contributed by atoms with Crippen molar-refractivity contribution in [3.63, 3.8) is 0 Å². The van der Waals surface area contributed by atoms with E-state index >= 15 is 0 Å². The lowest BCUT2D eigenvalue weighted by Gasteiger charge is -2.37. The fourth-order valence-electron chi connectivity index (χ4n) is 2.88. The third-order valence-corrected chi connectivity index (χ3v) is 4.24. The van der Waals surface area contributed by atoms with E-state index in [9.17, 15) is 4.79 Å². The predicted octanol–water partition coefficient (Wildman–Crippen LogP) is 1.26. The molecule has 24 heavy (non-hydrogen) atoms. The Morgan fingerprint density at radius 3 is 2.67 bits per heavy atom.